The zero-order chi connectivity index (χ0) is 19.2. The van der Waals surface area contributed by atoms with Gasteiger partial charge in [0.1, 0.15) is 17.9 Å². The van der Waals surface area contributed by atoms with Crippen LogP contribution in [-0.2, 0) is 16.1 Å². The second-order valence-corrected chi connectivity index (χ2v) is 6.72. The van der Waals surface area contributed by atoms with E-state index >= 15 is 0 Å². The maximum atomic E-state index is 12.0. The summed E-state index contributed by atoms with van der Waals surface area (Å²) in [6.07, 6.45) is 0.608. The molecule has 0 unspecified atom stereocenters. The Morgan fingerprint density at radius 2 is 1.96 bits per heavy atom. The predicted molar refractivity (Wildman–Crippen MR) is 98.7 cm³/mol. The van der Waals surface area contributed by atoms with Crippen LogP contribution in [0.5, 0.6) is 0 Å². The quantitative estimate of drug-likeness (QED) is 0.588. The average molecular weight is 381 g/mol. The number of nitrogens with zero attached hydrogens (tertiary/aromatic N) is 1. The van der Waals surface area contributed by atoms with Gasteiger partial charge in [-0.15, -0.1) is 11.3 Å². The number of carbonyl (C=O) groups excluding carboxylic acids is 2. The van der Waals surface area contributed by atoms with Gasteiger partial charge in [-0.25, -0.2) is 0 Å². The summed E-state index contributed by atoms with van der Waals surface area (Å²) in [5.41, 5.74) is 0.550. The minimum Gasteiger partial charge on any atom is -0.466 e. The molecule has 1 atom stereocenters. The number of anilines is 1. The molecule has 136 valence electrons. The van der Waals surface area contributed by atoms with Crippen LogP contribution in [0, 0.1) is 11.3 Å². The first-order valence-electron chi connectivity index (χ1n) is 7.97. The predicted octanol–water partition coefficient (Wildman–Crippen LogP) is 2.55. The van der Waals surface area contributed by atoms with Crippen molar-refractivity contribution in [1.29, 1.82) is 5.26 Å². The highest BCUT2D eigenvalue weighted by Crippen LogP contribution is 2.28. The SMILES string of the molecule is N#Cc1ccccc1NC(=O)C(=O)NCc1ccc([C@@H](O)c2ccco2)s1. The molecule has 8 heteroatoms. The van der Waals surface area contributed by atoms with E-state index < -0.39 is 17.9 Å². The first kappa shape index (κ1) is 18.4. The van der Waals surface area contributed by atoms with Gasteiger partial charge in [0.2, 0.25) is 0 Å². The van der Waals surface area contributed by atoms with Crippen molar-refractivity contribution in [1.82, 2.24) is 5.32 Å². The summed E-state index contributed by atoms with van der Waals surface area (Å²) in [4.78, 5) is 25.4. The van der Waals surface area contributed by atoms with Crippen molar-refractivity contribution in [3.05, 3.63) is 75.9 Å². The third-order valence-corrected chi connectivity index (χ3v) is 4.83. The van der Waals surface area contributed by atoms with E-state index in [1.165, 1.54) is 17.6 Å². The monoisotopic (exact) mass is 381 g/mol. The summed E-state index contributed by atoms with van der Waals surface area (Å²) < 4.78 is 5.18. The zero-order valence-corrected chi connectivity index (χ0v) is 14.8. The normalized spacial score (nSPS) is 11.4. The molecule has 0 saturated carbocycles. The van der Waals surface area contributed by atoms with Crippen LogP contribution in [0.25, 0.3) is 0 Å². The lowest BCUT2D eigenvalue weighted by molar-refractivity contribution is -0.136. The van der Waals surface area contributed by atoms with Gasteiger partial charge in [-0.3, -0.25) is 9.59 Å². The number of nitrogens with one attached hydrogen (secondary N) is 2. The summed E-state index contributed by atoms with van der Waals surface area (Å²) in [6.45, 7) is 0.141. The molecule has 3 aromatic rings. The van der Waals surface area contributed by atoms with Crippen molar-refractivity contribution >= 4 is 28.8 Å². The Labute approximate surface area is 158 Å². The van der Waals surface area contributed by atoms with Crippen molar-refractivity contribution in [3.8, 4) is 6.07 Å². The maximum Gasteiger partial charge on any atom is 0.313 e. The van der Waals surface area contributed by atoms with E-state index in [4.69, 9.17) is 9.68 Å². The molecule has 0 spiro atoms. The molecular formula is C19H15N3O4S. The van der Waals surface area contributed by atoms with Crippen molar-refractivity contribution < 1.29 is 19.1 Å². The van der Waals surface area contributed by atoms with E-state index in [0.29, 0.717) is 10.6 Å². The highest BCUT2D eigenvalue weighted by Gasteiger charge is 2.18. The lowest BCUT2D eigenvalue weighted by atomic mass is 10.2. The number of rotatable bonds is 5. The number of furan rings is 1. The van der Waals surface area contributed by atoms with Gasteiger partial charge in [0.15, 0.2) is 0 Å². The molecule has 0 aliphatic carbocycles. The number of aliphatic hydroxyl groups excluding tert-OH is 1. The van der Waals surface area contributed by atoms with Gasteiger partial charge >= 0.3 is 11.8 Å². The van der Waals surface area contributed by atoms with E-state index in [-0.39, 0.29) is 17.8 Å². The molecular weight excluding hydrogens is 366 g/mol. The van der Waals surface area contributed by atoms with Crippen LogP contribution >= 0.6 is 11.3 Å². The molecule has 27 heavy (non-hydrogen) atoms. The first-order valence-corrected chi connectivity index (χ1v) is 8.78. The van der Waals surface area contributed by atoms with Crippen LogP contribution in [0.4, 0.5) is 5.69 Å². The molecule has 3 N–H and O–H groups in total. The van der Waals surface area contributed by atoms with Crippen molar-refractivity contribution in [2.75, 3.05) is 5.32 Å². The van der Waals surface area contributed by atoms with Crippen LogP contribution < -0.4 is 10.6 Å². The Hall–Kier alpha value is -3.41. The van der Waals surface area contributed by atoms with Gasteiger partial charge in [-0.05, 0) is 36.4 Å². The van der Waals surface area contributed by atoms with Crippen molar-refractivity contribution in [3.63, 3.8) is 0 Å². The van der Waals surface area contributed by atoms with Crippen molar-refractivity contribution in [2.45, 2.75) is 12.6 Å². The number of hydrogen-bond donors (Lipinski definition) is 3. The Bertz CT molecular complexity index is 989. The summed E-state index contributed by atoms with van der Waals surface area (Å²) in [5, 5.41) is 24.2. The van der Waals surface area contributed by atoms with Crippen LogP contribution in [0.2, 0.25) is 0 Å². The Balaban J connectivity index is 1.56. The highest BCUT2D eigenvalue weighted by molar-refractivity contribution is 7.12. The van der Waals surface area contributed by atoms with Crippen molar-refractivity contribution in [2.24, 2.45) is 0 Å². The van der Waals surface area contributed by atoms with Gasteiger partial charge in [0.25, 0.3) is 0 Å². The lowest BCUT2D eigenvalue weighted by Crippen LogP contribution is -2.34. The Morgan fingerprint density at radius 3 is 2.70 bits per heavy atom. The fourth-order valence-corrected chi connectivity index (χ4v) is 3.29. The standard InChI is InChI=1S/C19H15N3O4S/c20-10-12-4-1-2-5-14(12)22-19(25)18(24)21-11-13-7-8-16(27-13)17(23)15-6-3-9-26-15/h1-9,17,23H,11H2,(H,21,24)(H,22,25)/t17-/m0/s1. The van der Waals surface area contributed by atoms with Crippen LogP contribution in [0.15, 0.2) is 59.2 Å². The van der Waals surface area contributed by atoms with Gasteiger partial charge in [-0.2, -0.15) is 5.26 Å². The first-order chi connectivity index (χ1) is 13.1. The molecule has 0 aliphatic rings. The number of para-hydroxylation sites is 1. The van der Waals surface area contributed by atoms with E-state index in [0.717, 1.165) is 4.88 Å². The molecule has 2 amide bonds. The second-order valence-electron chi connectivity index (χ2n) is 5.52. The number of hydrogen-bond acceptors (Lipinski definition) is 6. The van der Waals surface area contributed by atoms with Gasteiger partial charge < -0.3 is 20.2 Å². The molecule has 0 aliphatic heterocycles. The Morgan fingerprint density at radius 1 is 1.15 bits per heavy atom. The van der Waals surface area contributed by atoms with E-state index in [1.807, 2.05) is 6.07 Å². The highest BCUT2D eigenvalue weighted by atomic mass is 32.1. The number of thiophene rings is 1. The average Bonchev–Trinajstić information content (AvgIpc) is 3.38. The molecule has 0 fully saturated rings. The Kier molecular flexibility index (Phi) is 5.66. The summed E-state index contributed by atoms with van der Waals surface area (Å²) >= 11 is 1.30. The fourth-order valence-electron chi connectivity index (χ4n) is 2.34. The fraction of sp³-hybridized carbons (Fsp3) is 0.105. The third kappa shape index (κ3) is 4.41. The number of carbonyl (C=O) groups is 2. The molecule has 2 aromatic heterocycles. The van der Waals surface area contributed by atoms with E-state index in [1.54, 1.807) is 48.5 Å². The van der Waals surface area contributed by atoms with Crippen LogP contribution in [0.3, 0.4) is 0 Å². The maximum absolute atomic E-state index is 12.0. The van der Waals surface area contributed by atoms with E-state index in [9.17, 15) is 14.7 Å². The van der Waals surface area contributed by atoms with Crippen LogP contribution in [-0.4, -0.2) is 16.9 Å². The topological polar surface area (TPSA) is 115 Å². The molecule has 0 saturated heterocycles. The molecule has 3 rings (SSSR count). The third-order valence-electron chi connectivity index (χ3n) is 3.69. The minimum absolute atomic E-state index is 0.141. The summed E-state index contributed by atoms with van der Waals surface area (Å²) in [7, 11) is 0. The molecule has 0 bridgehead atoms. The molecule has 1 aromatic carbocycles. The molecule has 2 heterocycles. The zero-order valence-electron chi connectivity index (χ0n) is 14.0. The summed E-state index contributed by atoms with van der Waals surface area (Å²) in [6, 6.07) is 15.2. The largest absolute Gasteiger partial charge is 0.466 e. The number of benzene rings is 1. The second kappa shape index (κ2) is 8.31. The smallest absolute Gasteiger partial charge is 0.313 e. The van der Waals surface area contributed by atoms with E-state index in [2.05, 4.69) is 10.6 Å². The number of nitriles is 1. The minimum atomic E-state index is -0.875. The van der Waals surface area contributed by atoms with Crippen LogP contribution in [0.1, 0.15) is 27.2 Å². The lowest BCUT2D eigenvalue weighted by Gasteiger charge is -2.07. The molecule has 0 radical (unpaired) electrons. The van der Waals surface area contributed by atoms with Gasteiger partial charge in [0.05, 0.1) is 24.1 Å². The van der Waals surface area contributed by atoms with Gasteiger partial charge in [0, 0.05) is 9.75 Å². The number of amides is 2. The van der Waals surface area contributed by atoms with Gasteiger partial charge in [-0.1, -0.05) is 12.1 Å². The molecule has 7 nitrogen and oxygen atoms in total. The number of aliphatic hydroxyl groups is 1. The summed E-state index contributed by atoms with van der Waals surface area (Å²) in [5.74, 6) is -1.24.